The predicted octanol–water partition coefficient (Wildman–Crippen LogP) is 2.48. The summed E-state index contributed by atoms with van der Waals surface area (Å²) in [6, 6.07) is 7.50. The summed E-state index contributed by atoms with van der Waals surface area (Å²) in [6.07, 6.45) is 1.86. The van der Waals surface area contributed by atoms with Crippen LogP contribution in [-0.2, 0) is 13.1 Å². The maximum absolute atomic E-state index is 5.91. The lowest BCUT2D eigenvalue weighted by Crippen LogP contribution is -2.01. The van der Waals surface area contributed by atoms with Gasteiger partial charge in [0.05, 0.1) is 5.69 Å². The first kappa shape index (κ1) is 10.5. The SMILES string of the molecule is Clc1cccc(Nc2ncc3c(n2)CNC3)c1. The molecule has 2 aromatic rings. The van der Waals surface area contributed by atoms with E-state index in [1.165, 1.54) is 5.56 Å². The lowest BCUT2D eigenvalue weighted by Gasteiger charge is -2.06. The molecule has 5 heteroatoms. The van der Waals surface area contributed by atoms with Gasteiger partial charge in [0.2, 0.25) is 5.95 Å². The third kappa shape index (κ3) is 2.23. The third-order valence-electron chi connectivity index (χ3n) is 2.64. The zero-order chi connectivity index (χ0) is 11.7. The van der Waals surface area contributed by atoms with E-state index in [4.69, 9.17) is 11.6 Å². The molecule has 1 aromatic carbocycles. The Morgan fingerprint density at radius 3 is 3.12 bits per heavy atom. The number of aromatic nitrogens is 2. The minimum absolute atomic E-state index is 0.606. The molecule has 0 saturated carbocycles. The minimum Gasteiger partial charge on any atom is -0.324 e. The number of nitrogens with one attached hydrogen (secondary N) is 2. The number of hydrogen-bond acceptors (Lipinski definition) is 4. The van der Waals surface area contributed by atoms with E-state index in [-0.39, 0.29) is 0 Å². The topological polar surface area (TPSA) is 49.8 Å². The van der Waals surface area contributed by atoms with Gasteiger partial charge in [0.25, 0.3) is 0 Å². The molecule has 17 heavy (non-hydrogen) atoms. The molecule has 2 heterocycles. The van der Waals surface area contributed by atoms with Gasteiger partial charge >= 0.3 is 0 Å². The summed E-state index contributed by atoms with van der Waals surface area (Å²) in [7, 11) is 0. The van der Waals surface area contributed by atoms with Crippen LogP contribution in [-0.4, -0.2) is 9.97 Å². The lowest BCUT2D eigenvalue weighted by molar-refractivity contribution is 0.758. The van der Waals surface area contributed by atoms with Crippen molar-refractivity contribution in [1.29, 1.82) is 0 Å². The highest BCUT2D eigenvalue weighted by Crippen LogP contribution is 2.19. The standard InChI is InChI=1S/C12H11ClN4/c13-9-2-1-3-10(4-9)16-12-15-6-8-5-14-7-11(8)17-12/h1-4,6,14H,5,7H2,(H,15,16,17). The van der Waals surface area contributed by atoms with Crippen LogP contribution in [0.4, 0.5) is 11.6 Å². The van der Waals surface area contributed by atoms with Crippen molar-refractivity contribution >= 4 is 23.2 Å². The van der Waals surface area contributed by atoms with E-state index in [1.54, 1.807) is 0 Å². The van der Waals surface area contributed by atoms with Crippen LogP contribution < -0.4 is 10.6 Å². The second-order valence-corrected chi connectivity index (χ2v) is 4.34. The Hall–Kier alpha value is -1.65. The molecule has 0 spiro atoms. The molecule has 3 rings (SSSR count). The molecule has 1 aliphatic heterocycles. The Bertz CT molecular complexity index is 556. The van der Waals surface area contributed by atoms with Crippen LogP contribution in [0.3, 0.4) is 0 Å². The summed E-state index contributed by atoms with van der Waals surface area (Å²) < 4.78 is 0. The van der Waals surface area contributed by atoms with E-state index in [0.717, 1.165) is 24.5 Å². The van der Waals surface area contributed by atoms with Crippen LogP contribution in [0, 0.1) is 0 Å². The van der Waals surface area contributed by atoms with Crippen LogP contribution in [0.25, 0.3) is 0 Å². The van der Waals surface area contributed by atoms with Gasteiger partial charge in [-0.3, -0.25) is 0 Å². The molecule has 0 radical (unpaired) electrons. The van der Waals surface area contributed by atoms with Crippen molar-refractivity contribution in [3.05, 3.63) is 46.7 Å². The maximum atomic E-state index is 5.91. The Balaban J connectivity index is 1.86. The zero-order valence-corrected chi connectivity index (χ0v) is 9.83. The van der Waals surface area contributed by atoms with Crippen molar-refractivity contribution in [3.63, 3.8) is 0 Å². The number of nitrogens with zero attached hydrogens (tertiary/aromatic N) is 2. The van der Waals surface area contributed by atoms with Gasteiger partial charge in [-0.25, -0.2) is 9.97 Å². The average molecular weight is 247 g/mol. The molecular formula is C12H11ClN4. The van der Waals surface area contributed by atoms with Crippen LogP contribution in [0.1, 0.15) is 11.3 Å². The lowest BCUT2D eigenvalue weighted by atomic mass is 10.3. The van der Waals surface area contributed by atoms with Crippen molar-refractivity contribution in [2.24, 2.45) is 0 Å². The van der Waals surface area contributed by atoms with Gasteiger partial charge in [-0.15, -0.1) is 0 Å². The Morgan fingerprint density at radius 1 is 1.29 bits per heavy atom. The van der Waals surface area contributed by atoms with E-state index in [1.807, 2.05) is 30.5 Å². The third-order valence-corrected chi connectivity index (χ3v) is 2.88. The second-order valence-electron chi connectivity index (χ2n) is 3.90. The Labute approximate surface area is 104 Å². The molecule has 4 nitrogen and oxygen atoms in total. The fraction of sp³-hybridized carbons (Fsp3) is 0.167. The molecular weight excluding hydrogens is 236 g/mol. The van der Waals surface area contributed by atoms with E-state index in [9.17, 15) is 0 Å². The van der Waals surface area contributed by atoms with Gasteiger partial charge in [0.15, 0.2) is 0 Å². The molecule has 1 aliphatic rings. The molecule has 0 aliphatic carbocycles. The van der Waals surface area contributed by atoms with Crippen molar-refractivity contribution in [2.45, 2.75) is 13.1 Å². The first-order valence-electron chi connectivity index (χ1n) is 5.39. The van der Waals surface area contributed by atoms with Crippen LogP contribution in [0.5, 0.6) is 0 Å². The van der Waals surface area contributed by atoms with Crippen LogP contribution in [0.15, 0.2) is 30.5 Å². The number of fused-ring (bicyclic) bond motifs is 1. The van der Waals surface area contributed by atoms with E-state index in [0.29, 0.717) is 11.0 Å². The summed E-state index contributed by atoms with van der Waals surface area (Å²) in [5, 5.41) is 7.07. The fourth-order valence-electron chi connectivity index (χ4n) is 1.81. The summed E-state index contributed by atoms with van der Waals surface area (Å²) in [6.45, 7) is 1.66. The Morgan fingerprint density at radius 2 is 2.24 bits per heavy atom. The number of anilines is 2. The molecule has 0 unspecified atom stereocenters. The molecule has 86 valence electrons. The second kappa shape index (κ2) is 4.31. The quantitative estimate of drug-likeness (QED) is 0.855. The molecule has 0 amide bonds. The van der Waals surface area contributed by atoms with Gasteiger partial charge in [-0.05, 0) is 18.2 Å². The highest BCUT2D eigenvalue weighted by Gasteiger charge is 2.12. The summed E-state index contributed by atoms with van der Waals surface area (Å²) in [5.41, 5.74) is 3.12. The normalized spacial score (nSPS) is 13.5. The molecule has 0 saturated heterocycles. The van der Waals surface area contributed by atoms with E-state index < -0.39 is 0 Å². The number of hydrogen-bond donors (Lipinski definition) is 2. The summed E-state index contributed by atoms with van der Waals surface area (Å²) in [4.78, 5) is 8.72. The number of benzene rings is 1. The van der Waals surface area contributed by atoms with Crippen molar-refractivity contribution < 1.29 is 0 Å². The van der Waals surface area contributed by atoms with Gasteiger partial charge in [-0.1, -0.05) is 17.7 Å². The molecule has 0 atom stereocenters. The van der Waals surface area contributed by atoms with Gasteiger partial charge in [0.1, 0.15) is 0 Å². The van der Waals surface area contributed by atoms with Gasteiger partial charge < -0.3 is 10.6 Å². The van der Waals surface area contributed by atoms with Crippen LogP contribution in [0.2, 0.25) is 5.02 Å². The highest BCUT2D eigenvalue weighted by molar-refractivity contribution is 6.30. The highest BCUT2D eigenvalue weighted by atomic mass is 35.5. The number of halogens is 1. The first-order chi connectivity index (χ1) is 8.31. The van der Waals surface area contributed by atoms with E-state index >= 15 is 0 Å². The summed E-state index contributed by atoms with van der Waals surface area (Å²) >= 11 is 5.91. The first-order valence-corrected chi connectivity index (χ1v) is 5.77. The van der Waals surface area contributed by atoms with Gasteiger partial charge in [-0.2, -0.15) is 0 Å². The monoisotopic (exact) mass is 246 g/mol. The largest absolute Gasteiger partial charge is 0.324 e. The van der Waals surface area contributed by atoms with Crippen molar-refractivity contribution in [2.75, 3.05) is 5.32 Å². The molecule has 2 N–H and O–H groups in total. The van der Waals surface area contributed by atoms with Crippen LogP contribution >= 0.6 is 11.6 Å². The number of rotatable bonds is 2. The molecule has 1 aromatic heterocycles. The zero-order valence-electron chi connectivity index (χ0n) is 9.07. The molecule has 0 bridgehead atoms. The summed E-state index contributed by atoms with van der Waals surface area (Å²) in [5.74, 6) is 0.606. The minimum atomic E-state index is 0.606. The Kier molecular flexibility index (Phi) is 2.66. The maximum Gasteiger partial charge on any atom is 0.227 e. The van der Waals surface area contributed by atoms with Gasteiger partial charge in [0, 0.05) is 35.6 Å². The van der Waals surface area contributed by atoms with Crippen molar-refractivity contribution in [1.82, 2.24) is 15.3 Å². The smallest absolute Gasteiger partial charge is 0.227 e. The van der Waals surface area contributed by atoms with E-state index in [2.05, 4.69) is 20.6 Å². The average Bonchev–Trinajstić information content (AvgIpc) is 2.76. The predicted molar refractivity (Wildman–Crippen MR) is 67.3 cm³/mol. The molecule has 0 fully saturated rings. The van der Waals surface area contributed by atoms with Crippen molar-refractivity contribution in [3.8, 4) is 0 Å². The fourth-order valence-corrected chi connectivity index (χ4v) is 2.00.